The molecule has 3 aromatic rings. The normalized spacial score (nSPS) is 12.0. The summed E-state index contributed by atoms with van der Waals surface area (Å²) in [6, 6.07) is 13.9. The van der Waals surface area contributed by atoms with Gasteiger partial charge in [0, 0.05) is 23.8 Å². The largest absolute Gasteiger partial charge is 0.497 e. The predicted molar refractivity (Wildman–Crippen MR) is 100 cm³/mol. The Labute approximate surface area is 147 Å². The summed E-state index contributed by atoms with van der Waals surface area (Å²) in [6.45, 7) is 4.09. The van der Waals surface area contributed by atoms with Crippen LogP contribution in [0.15, 0.2) is 54.9 Å². The summed E-state index contributed by atoms with van der Waals surface area (Å²) in [7, 11) is 1.60. The van der Waals surface area contributed by atoms with Crippen molar-refractivity contribution in [1.82, 2.24) is 10.3 Å². The Bertz CT molecular complexity index is 905. The molecule has 0 saturated carbocycles. The highest BCUT2D eigenvalue weighted by Gasteiger charge is 2.15. The Balaban J connectivity index is 1.82. The van der Waals surface area contributed by atoms with Crippen molar-refractivity contribution in [2.24, 2.45) is 0 Å². The van der Waals surface area contributed by atoms with Crippen molar-refractivity contribution >= 4 is 16.7 Å². The lowest BCUT2D eigenvalue weighted by atomic mass is 10.0. The number of aryl methyl sites for hydroxylation is 1. The summed E-state index contributed by atoms with van der Waals surface area (Å²) in [6.07, 6.45) is 4.21. The molecule has 3 rings (SSSR count). The molecule has 4 heteroatoms. The number of ether oxygens (including phenoxy) is 1. The van der Waals surface area contributed by atoms with Crippen LogP contribution >= 0.6 is 0 Å². The minimum atomic E-state index is -0.114. The van der Waals surface area contributed by atoms with Gasteiger partial charge in [-0.1, -0.05) is 29.8 Å². The molecular formula is C21H22N2O2. The lowest BCUT2D eigenvalue weighted by Crippen LogP contribution is -2.34. The number of fused-ring (bicyclic) bond motifs is 1. The number of aromatic nitrogens is 1. The zero-order valence-corrected chi connectivity index (χ0v) is 14.7. The molecule has 0 radical (unpaired) electrons. The molecule has 4 nitrogen and oxygen atoms in total. The molecule has 1 N–H and O–H groups in total. The van der Waals surface area contributed by atoms with Crippen molar-refractivity contribution in [3.8, 4) is 5.75 Å². The molecule has 1 aromatic heterocycles. The first-order valence-corrected chi connectivity index (χ1v) is 8.35. The van der Waals surface area contributed by atoms with E-state index in [0.29, 0.717) is 11.3 Å². The van der Waals surface area contributed by atoms with Gasteiger partial charge in [0.25, 0.3) is 5.91 Å². The maximum absolute atomic E-state index is 12.8. The molecule has 0 saturated heterocycles. The Morgan fingerprint density at radius 1 is 1.24 bits per heavy atom. The average molecular weight is 334 g/mol. The van der Waals surface area contributed by atoms with Gasteiger partial charge in [-0.25, -0.2) is 0 Å². The Morgan fingerprint density at radius 2 is 2.08 bits per heavy atom. The van der Waals surface area contributed by atoms with Crippen LogP contribution in [0.4, 0.5) is 0 Å². The number of amides is 1. The van der Waals surface area contributed by atoms with E-state index in [1.165, 1.54) is 11.1 Å². The summed E-state index contributed by atoms with van der Waals surface area (Å²) >= 11 is 0. The zero-order chi connectivity index (χ0) is 17.8. The van der Waals surface area contributed by atoms with Crippen LogP contribution in [0.5, 0.6) is 5.75 Å². The summed E-state index contributed by atoms with van der Waals surface area (Å²) < 4.78 is 5.33. The third-order valence-corrected chi connectivity index (χ3v) is 4.21. The monoisotopic (exact) mass is 334 g/mol. The number of rotatable bonds is 5. The number of hydrogen-bond donors (Lipinski definition) is 1. The van der Waals surface area contributed by atoms with E-state index in [1.807, 2.05) is 25.1 Å². The van der Waals surface area contributed by atoms with Gasteiger partial charge in [0.1, 0.15) is 5.75 Å². The first-order chi connectivity index (χ1) is 12.1. The lowest BCUT2D eigenvalue weighted by molar-refractivity contribution is 0.0941. The van der Waals surface area contributed by atoms with Crippen LogP contribution in [0.3, 0.4) is 0 Å². The minimum Gasteiger partial charge on any atom is -0.497 e. The third-order valence-electron chi connectivity index (χ3n) is 4.21. The summed E-state index contributed by atoms with van der Waals surface area (Å²) in [4.78, 5) is 16.9. The molecular weight excluding hydrogens is 312 g/mol. The van der Waals surface area contributed by atoms with E-state index < -0.39 is 0 Å². The van der Waals surface area contributed by atoms with Crippen molar-refractivity contribution < 1.29 is 9.53 Å². The first kappa shape index (κ1) is 17.0. The molecule has 0 aliphatic rings. The number of methoxy groups -OCH3 is 1. The van der Waals surface area contributed by atoms with Gasteiger partial charge >= 0.3 is 0 Å². The van der Waals surface area contributed by atoms with Crippen LogP contribution in [0.1, 0.15) is 28.4 Å². The topological polar surface area (TPSA) is 51.2 Å². The van der Waals surface area contributed by atoms with Gasteiger partial charge in [0.2, 0.25) is 0 Å². The molecule has 128 valence electrons. The molecule has 0 aliphatic heterocycles. The number of nitrogens with zero attached hydrogens (tertiary/aromatic N) is 1. The molecule has 1 amide bonds. The Hall–Kier alpha value is -2.88. The fourth-order valence-corrected chi connectivity index (χ4v) is 3.02. The fraction of sp³-hybridized carbons (Fsp3) is 0.238. The average Bonchev–Trinajstić information content (AvgIpc) is 2.60. The maximum Gasteiger partial charge on any atom is 0.252 e. The van der Waals surface area contributed by atoms with Gasteiger partial charge in [-0.3, -0.25) is 9.78 Å². The first-order valence-electron chi connectivity index (χ1n) is 8.35. The minimum absolute atomic E-state index is 0.0206. The predicted octanol–water partition coefficient (Wildman–Crippen LogP) is 3.91. The second kappa shape index (κ2) is 7.34. The number of carbonyl (C=O) groups is 1. The summed E-state index contributed by atoms with van der Waals surface area (Å²) in [5.41, 5.74) is 3.02. The SMILES string of the molecule is COc1cc(C(=O)NC(C)Cc2cccc(C)c2)c2cnccc2c1. The molecule has 25 heavy (non-hydrogen) atoms. The number of hydrogen-bond acceptors (Lipinski definition) is 3. The van der Waals surface area contributed by atoms with Gasteiger partial charge in [0.15, 0.2) is 0 Å². The van der Waals surface area contributed by atoms with E-state index in [-0.39, 0.29) is 11.9 Å². The maximum atomic E-state index is 12.8. The number of benzene rings is 2. The van der Waals surface area contributed by atoms with E-state index in [2.05, 4.69) is 35.4 Å². The number of carbonyl (C=O) groups excluding carboxylic acids is 1. The molecule has 0 fully saturated rings. The number of nitrogens with one attached hydrogen (secondary N) is 1. The quantitative estimate of drug-likeness (QED) is 0.769. The van der Waals surface area contributed by atoms with Crippen LogP contribution in [0.25, 0.3) is 10.8 Å². The van der Waals surface area contributed by atoms with Crippen molar-refractivity contribution in [3.05, 3.63) is 71.5 Å². The molecule has 1 atom stereocenters. The van der Waals surface area contributed by atoms with Crippen molar-refractivity contribution in [2.75, 3.05) is 7.11 Å². The van der Waals surface area contributed by atoms with E-state index >= 15 is 0 Å². The van der Waals surface area contributed by atoms with Gasteiger partial charge in [-0.2, -0.15) is 0 Å². The Kier molecular flexibility index (Phi) is 4.98. The van der Waals surface area contributed by atoms with Crippen LogP contribution in [-0.4, -0.2) is 24.0 Å². The van der Waals surface area contributed by atoms with Gasteiger partial charge in [-0.05, 0) is 49.4 Å². The fourth-order valence-electron chi connectivity index (χ4n) is 3.02. The van der Waals surface area contributed by atoms with Crippen LogP contribution in [-0.2, 0) is 6.42 Å². The summed E-state index contributed by atoms with van der Waals surface area (Å²) in [5, 5.41) is 4.84. The van der Waals surface area contributed by atoms with Gasteiger partial charge in [-0.15, -0.1) is 0 Å². The smallest absolute Gasteiger partial charge is 0.252 e. The molecule has 0 aliphatic carbocycles. The van der Waals surface area contributed by atoms with E-state index in [1.54, 1.807) is 25.6 Å². The molecule has 1 unspecified atom stereocenters. The van der Waals surface area contributed by atoms with Crippen molar-refractivity contribution in [2.45, 2.75) is 26.3 Å². The van der Waals surface area contributed by atoms with Crippen LogP contribution in [0, 0.1) is 6.92 Å². The van der Waals surface area contributed by atoms with E-state index in [0.717, 1.165) is 17.2 Å². The lowest BCUT2D eigenvalue weighted by Gasteiger charge is -2.16. The molecule has 0 spiro atoms. The highest BCUT2D eigenvalue weighted by atomic mass is 16.5. The zero-order valence-electron chi connectivity index (χ0n) is 14.7. The van der Waals surface area contributed by atoms with Crippen LogP contribution in [0.2, 0.25) is 0 Å². The number of pyridine rings is 1. The Morgan fingerprint density at radius 3 is 2.84 bits per heavy atom. The van der Waals surface area contributed by atoms with Gasteiger partial charge < -0.3 is 10.1 Å². The van der Waals surface area contributed by atoms with E-state index in [4.69, 9.17) is 4.74 Å². The third kappa shape index (κ3) is 3.97. The van der Waals surface area contributed by atoms with Crippen molar-refractivity contribution in [3.63, 3.8) is 0 Å². The van der Waals surface area contributed by atoms with E-state index in [9.17, 15) is 4.79 Å². The standard InChI is InChI=1S/C21H22N2O2/c1-14-5-4-6-16(9-14)10-15(2)23-21(24)19-12-18(25-3)11-17-7-8-22-13-20(17)19/h4-9,11-13,15H,10H2,1-3H3,(H,23,24). The molecule has 2 aromatic carbocycles. The highest BCUT2D eigenvalue weighted by molar-refractivity contribution is 6.07. The second-order valence-corrected chi connectivity index (χ2v) is 6.34. The highest BCUT2D eigenvalue weighted by Crippen LogP contribution is 2.24. The molecule has 0 bridgehead atoms. The summed E-state index contributed by atoms with van der Waals surface area (Å²) in [5.74, 6) is 0.548. The van der Waals surface area contributed by atoms with Crippen LogP contribution < -0.4 is 10.1 Å². The van der Waals surface area contributed by atoms with Crippen molar-refractivity contribution in [1.29, 1.82) is 0 Å². The van der Waals surface area contributed by atoms with Gasteiger partial charge in [0.05, 0.1) is 12.7 Å². The molecule has 1 heterocycles. The second-order valence-electron chi connectivity index (χ2n) is 6.34.